The van der Waals surface area contributed by atoms with E-state index in [0.717, 1.165) is 0 Å². The lowest BCUT2D eigenvalue weighted by atomic mass is 10.1. The molecule has 1 N–H and O–H groups in total. The van der Waals surface area contributed by atoms with Crippen LogP contribution in [0, 0.1) is 12.7 Å². The highest BCUT2D eigenvalue weighted by molar-refractivity contribution is 5.95. The number of nitrogens with zero attached hydrogens (tertiary/aromatic N) is 1. The maximum absolute atomic E-state index is 13.0. The van der Waals surface area contributed by atoms with Gasteiger partial charge in [0.25, 0.3) is 5.91 Å². The minimum absolute atomic E-state index is 0.00873. The van der Waals surface area contributed by atoms with Crippen LogP contribution in [0.1, 0.15) is 22.3 Å². The molecule has 1 aliphatic rings. The molecule has 1 heterocycles. The van der Waals surface area contributed by atoms with Crippen molar-refractivity contribution in [2.24, 2.45) is 0 Å². The highest BCUT2D eigenvalue weighted by atomic mass is 19.1. The van der Waals surface area contributed by atoms with Gasteiger partial charge in [-0.15, -0.1) is 0 Å². The van der Waals surface area contributed by atoms with E-state index in [1.165, 1.54) is 18.2 Å². The van der Waals surface area contributed by atoms with Crippen molar-refractivity contribution >= 4 is 11.8 Å². The number of halogens is 1. The molecule has 0 radical (unpaired) electrons. The molecule has 1 saturated heterocycles. The van der Waals surface area contributed by atoms with Gasteiger partial charge in [-0.1, -0.05) is 0 Å². The van der Waals surface area contributed by atoms with Crippen LogP contribution in [0.15, 0.2) is 18.2 Å². The lowest BCUT2D eigenvalue weighted by Gasteiger charge is -2.26. The van der Waals surface area contributed by atoms with Crippen LogP contribution in [0.2, 0.25) is 0 Å². The summed E-state index contributed by atoms with van der Waals surface area (Å²) in [5.41, 5.74) is 1.00. The van der Waals surface area contributed by atoms with Crippen molar-refractivity contribution in [1.82, 2.24) is 10.2 Å². The third-order valence-corrected chi connectivity index (χ3v) is 3.42. The number of benzene rings is 1. The minimum atomic E-state index is -0.369. The SMILES string of the molecule is Cc1cc(F)ccc1C(=O)NCCC(=O)N1CCOCC1. The van der Waals surface area contributed by atoms with Crippen LogP contribution in [0.4, 0.5) is 4.39 Å². The molecule has 0 spiro atoms. The van der Waals surface area contributed by atoms with Crippen LogP contribution in [0.5, 0.6) is 0 Å². The van der Waals surface area contributed by atoms with Crippen molar-refractivity contribution in [3.8, 4) is 0 Å². The Hall–Kier alpha value is -1.95. The summed E-state index contributed by atoms with van der Waals surface area (Å²) >= 11 is 0. The summed E-state index contributed by atoms with van der Waals surface area (Å²) in [5.74, 6) is -0.650. The first-order chi connectivity index (χ1) is 10.1. The van der Waals surface area contributed by atoms with Crippen LogP contribution in [0.3, 0.4) is 0 Å². The Balaban J connectivity index is 1.79. The second-order valence-corrected chi connectivity index (χ2v) is 4.96. The molecule has 5 nitrogen and oxygen atoms in total. The van der Waals surface area contributed by atoms with Crippen molar-refractivity contribution in [2.45, 2.75) is 13.3 Å². The molecular weight excluding hydrogens is 275 g/mol. The van der Waals surface area contributed by atoms with Crippen LogP contribution >= 0.6 is 0 Å². The normalized spacial score (nSPS) is 14.9. The van der Waals surface area contributed by atoms with E-state index in [9.17, 15) is 14.0 Å². The Labute approximate surface area is 123 Å². The van der Waals surface area contributed by atoms with Crippen molar-refractivity contribution < 1.29 is 18.7 Å². The van der Waals surface area contributed by atoms with Gasteiger partial charge in [0.05, 0.1) is 13.2 Å². The number of ether oxygens (including phenoxy) is 1. The molecule has 6 heteroatoms. The third-order valence-electron chi connectivity index (χ3n) is 3.42. The molecule has 1 aromatic carbocycles. The van der Waals surface area contributed by atoms with Crippen LogP contribution in [-0.2, 0) is 9.53 Å². The first kappa shape index (κ1) is 15.4. The van der Waals surface area contributed by atoms with E-state index in [1.54, 1.807) is 11.8 Å². The number of carbonyl (C=O) groups is 2. The molecule has 0 aromatic heterocycles. The summed E-state index contributed by atoms with van der Waals surface area (Å²) in [7, 11) is 0. The maximum Gasteiger partial charge on any atom is 0.251 e. The number of aryl methyl sites for hydroxylation is 1. The van der Waals surface area contributed by atoms with E-state index in [1.807, 2.05) is 0 Å². The summed E-state index contributed by atoms with van der Waals surface area (Å²) in [6, 6.07) is 4.01. The predicted molar refractivity (Wildman–Crippen MR) is 75.5 cm³/mol. The zero-order chi connectivity index (χ0) is 15.2. The quantitative estimate of drug-likeness (QED) is 0.905. The number of rotatable bonds is 4. The second-order valence-electron chi connectivity index (χ2n) is 4.96. The zero-order valence-electron chi connectivity index (χ0n) is 12.0. The van der Waals surface area contributed by atoms with Gasteiger partial charge in [-0.05, 0) is 30.7 Å². The maximum atomic E-state index is 13.0. The van der Waals surface area contributed by atoms with Gasteiger partial charge in [0.15, 0.2) is 0 Å². The number of hydrogen-bond donors (Lipinski definition) is 1. The Morgan fingerprint density at radius 3 is 2.71 bits per heavy atom. The summed E-state index contributed by atoms with van der Waals surface area (Å²) in [4.78, 5) is 25.6. The monoisotopic (exact) mass is 294 g/mol. The van der Waals surface area contributed by atoms with Crippen molar-refractivity contribution in [2.75, 3.05) is 32.8 Å². The minimum Gasteiger partial charge on any atom is -0.378 e. The lowest BCUT2D eigenvalue weighted by Crippen LogP contribution is -2.42. The third kappa shape index (κ3) is 4.26. The molecule has 0 atom stereocenters. The summed E-state index contributed by atoms with van der Waals surface area (Å²) in [6.45, 7) is 4.27. The molecule has 0 aliphatic carbocycles. The fourth-order valence-electron chi connectivity index (χ4n) is 2.23. The molecule has 21 heavy (non-hydrogen) atoms. The Bertz CT molecular complexity index is 528. The first-order valence-electron chi connectivity index (χ1n) is 6.98. The molecular formula is C15H19FN2O3. The van der Waals surface area contributed by atoms with E-state index in [2.05, 4.69) is 5.32 Å². The number of amides is 2. The van der Waals surface area contributed by atoms with Crippen LogP contribution in [-0.4, -0.2) is 49.6 Å². The van der Waals surface area contributed by atoms with E-state index >= 15 is 0 Å². The topological polar surface area (TPSA) is 58.6 Å². The summed E-state index contributed by atoms with van der Waals surface area (Å²) < 4.78 is 18.2. The number of hydrogen-bond acceptors (Lipinski definition) is 3. The van der Waals surface area contributed by atoms with Crippen molar-refractivity contribution in [1.29, 1.82) is 0 Å². The Kier molecular flexibility index (Phi) is 5.27. The van der Waals surface area contributed by atoms with E-state index in [4.69, 9.17) is 4.74 Å². The smallest absolute Gasteiger partial charge is 0.251 e. The Morgan fingerprint density at radius 1 is 1.33 bits per heavy atom. The van der Waals surface area contributed by atoms with Gasteiger partial charge in [-0.2, -0.15) is 0 Å². The number of carbonyl (C=O) groups excluding carboxylic acids is 2. The molecule has 1 aliphatic heterocycles. The molecule has 0 unspecified atom stereocenters. The summed E-state index contributed by atoms with van der Waals surface area (Å²) in [5, 5.41) is 2.69. The first-order valence-corrected chi connectivity index (χ1v) is 6.98. The highest BCUT2D eigenvalue weighted by Gasteiger charge is 2.17. The Morgan fingerprint density at radius 2 is 2.05 bits per heavy atom. The van der Waals surface area contributed by atoms with E-state index in [0.29, 0.717) is 37.4 Å². The fourth-order valence-corrected chi connectivity index (χ4v) is 2.23. The van der Waals surface area contributed by atoms with Gasteiger partial charge in [-0.25, -0.2) is 4.39 Å². The molecule has 1 aromatic rings. The van der Waals surface area contributed by atoms with Gasteiger partial charge in [-0.3, -0.25) is 9.59 Å². The van der Waals surface area contributed by atoms with E-state index in [-0.39, 0.29) is 30.6 Å². The van der Waals surface area contributed by atoms with Crippen LogP contribution in [0.25, 0.3) is 0 Å². The molecule has 2 rings (SSSR count). The van der Waals surface area contributed by atoms with Crippen LogP contribution < -0.4 is 5.32 Å². The summed E-state index contributed by atoms with van der Waals surface area (Å²) in [6.07, 6.45) is 0.256. The number of morpholine rings is 1. The van der Waals surface area contributed by atoms with Gasteiger partial charge in [0.1, 0.15) is 5.82 Å². The average molecular weight is 294 g/mol. The standard InChI is InChI=1S/C15H19FN2O3/c1-11-10-12(16)2-3-13(11)15(20)17-5-4-14(19)18-6-8-21-9-7-18/h2-3,10H,4-9H2,1H3,(H,17,20). The van der Waals surface area contributed by atoms with Gasteiger partial charge < -0.3 is 15.0 Å². The highest BCUT2D eigenvalue weighted by Crippen LogP contribution is 2.10. The second kappa shape index (κ2) is 7.17. The molecule has 114 valence electrons. The molecule has 1 fully saturated rings. The van der Waals surface area contributed by atoms with E-state index < -0.39 is 0 Å². The van der Waals surface area contributed by atoms with Crippen molar-refractivity contribution in [3.63, 3.8) is 0 Å². The molecule has 0 bridgehead atoms. The van der Waals surface area contributed by atoms with Gasteiger partial charge in [0, 0.05) is 31.6 Å². The molecule has 0 saturated carbocycles. The number of nitrogens with one attached hydrogen (secondary N) is 1. The van der Waals surface area contributed by atoms with Gasteiger partial charge >= 0.3 is 0 Å². The fraction of sp³-hybridized carbons (Fsp3) is 0.467. The largest absolute Gasteiger partial charge is 0.378 e. The average Bonchev–Trinajstić information content (AvgIpc) is 2.47. The predicted octanol–water partition coefficient (Wildman–Crippen LogP) is 1.11. The lowest BCUT2D eigenvalue weighted by molar-refractivity contribution is -0.135. The zero-order valence-corrected chi connectivity index (χ0v) is 12.0. The van der Waals surface area contributed by atoms with Crippen molar-refractivity contribution in [3.05, 3.63) is 35.1 Å². The van der Waals surface area contributed by atoms with Gasteiger partial charge in [0.2, 0.25) is 5.91 Å². The molecule has 2 amide bonds.